The molecule has 1 aromatic rings. The van der Waals surface area contributed by atoms with Crippen molar-refractivity contribution in [2.24, 2.45) is 17.8 Å². The van der Waals surface area contributed by atoms with Gasteiger partial charge in [0.1, 0.15) is 6.04 Å². The van der Waals surface area contributed by atoms with E-state index in [0.717, 1.165) is 12.8 Å². The van der Waals surface area contributed by atoms with Gasteiger partial charge in [-0.15, -0.1) is 11.8 Å². The topological polar surface area (TPSA) is 87.2 Å². The van der Waals surface area contributed by atoms with Crippen molar-refractivity contribution in [3.05, 3.63) is 53.6 Å². The van der Waals surface area contributed by atoms with E-state index in [2.05, 4.69) is 6.08 Å². The maximum Gasteiger partial charge on any atom is 0.311 e. The second-order valence-corrected chi connectivity index (χ2v) is 12.1. The fraction of sp³-hybridized carbons (Fsp3) is 0.519. The highest BCUT2D eigenvalue weighted by Gasteiger charge is 2.71. The monoisotopic (exact) mass is 530 g/mol. The number of amides is 2. The molecule has 9 heteroatoms. The zero-order valence-corrected chi connectivity index (χ0v) is 22.0. The van der Waals surface area contributed by atoms with Crippen LogP contribution in [-0.4, -0.2) is 69.6 Å². The van der Waals surface area contributed by atoms with Crippen molar-refractivity contribution in [1.82, 2.24) is 4.90 Å². The van der Waals surface area contributed by atoms with Gasteiger partial charge in [-0.2, -0.15) is 0 Å². The molecule has 0 saturated carbocycles. The number of hydrogen-bond acceptors (Lipinski definition) is 6. The first kappa shape index (κ1) is 25.4. The Morgan fingerprint density at radius 1 is 1.17 bits per heavy atom. The van der Waals surface area contributed by atoms with Gasteiger partial charge in [-0.3, -0.25) is 14.4 Å². The summed E-state index contributed by atoms with van der Waals surface area (Å²) in [5.74, 6) is -2.44. The second kappa shape index (κ2) is 9.88. The minimum atomic E-state index is -0.949. The number of allylic oxidation sites excluding steroid dienone is 1. The number of likely N-dealkylation sites (tertiary alicyclic amines) is 1. The number of aliphatic hydroxyl groups is 1. The number of cyclic esters (lactones) is 1. The maximum atomic E-state index is 14.4. The van der Waals surface area contributed by atoms with Gasteiger partial charge in [0.2, 0.25) is 5.91 Å². The largest absolute Gasteiger partial charge is 0.465 e. The van der Waals surface area contributed by atoms with Gasteiger partial charge >= 0.3 is 5.97 Å². The number of thioether (sulfide) groups is 1. The van der Waals surface area contributed by atoms with E-state index in [0.29, 0.717) is 23.9 Å². The molecular formula is C27H31ClN2O5S. The predicted molar refractivity (Wildman–Crippen MR) is 140 cm³/mol. The third-order valence-electron chi connectivity index (χ3n) is 7.74. The molecule has 7 nitrogen and oxygen atoms in total. The lowest BCUT2D eigenvalue weighted by molar-refractivity contribution is -0.153. The first-order chi connectivity index (χ1) is 17.3. The molecule has 1 aromatic carbocycles. The number of rotatable bonds is 4. The van der Waals surface area contributed by atoms with Crippen molar-refractivity contribution >= 4 is 46.8 Å². The summed E-state index contributed by atoms with van der Waals surface area (Å²) in [7, 11) is 0. The average Bonchev–Trinajstić information content (AvgIpc) is 3.25. The molecule has 4 aliphatic heterocycles. The van der Waals surface area contributed by atoms with Gasteiger partial charge in [-0.05, 0) is 43.0 Å². The van der Waals surface area contributed by atoms with Crippen LogP contribution >= 0.6 is 23.4 Å². The Labute approximate surface area is 220 Å². The van der Waals surface area contributed by atoms with Gasteiger partial charge in [0, 0.05) is 22.5 Å². The minimum Gasteiger partial charge on any atom is -0.465 e. The summed E-state index contributed by atoms with van der Waals surface area (Å²) in [5, 5.41) is 10.6. The zero-order valence-electron chi connectivity index (χ0n) is 20.4. The first-order valence-corrected chi connectivity index (χ1v) is 13.7. The maximum absolute atomic E-state index is 14.4. The minimum absolute atomic E-state index is 0.0907. The molecule has 0 aliphatic carbocycles. The Hall–Kier alpha value is -2.29. The molecule has 2 fully saturated rings. The van der Waals surface area contributed by atoms with Crippen LogP contribution in [0, 0.1) is 17.8 Å². The standard InChI is InChI=1S/C27H31ClN2O5S/c1-16(2)19(15-31)30-23-25(33)29(18-10-8-17(28)9-11-18)13-6-12-27(23)22(24(30)32)21-20(36-27)7-4-3-5-14-35-26(21)34/h4,6-12,16,19-23,31H,3,5,13-15H2,1-2H3/b7-4-/t19-,20+,21-,22-,23?,27-/m0/s1. The fourth-order valence-corrected chi connectivity index (χ4v) is 8.14. The van der Waals surface area contributed by atoms with E-state index < -0.39 is 28.7 Å². The van der Waals surface area contributed by atoms with Crippen LogP contribution in [0.15, 0.2) is 48.6 Å². The Morgan fingerprint density at radius 3 is 2.61 bits per heavy atom. The van der Waals surface area contributed by atoms with Crippen molar-refractivity contribution in [3.63, 3.8) is 0 Å². The lowest BCUT2D eigenvalue weighted by Gasteiger charge is -2.39. The van der Waals surface area contributed by atoms with Crippen LogP contribution in [-0.2, 0) is 19.1 Å². The molecule has 1 spiro atoms. The number of anilines is 1. The number of nitrogens with zero attached hydrogens (tertiary/aromatic N) is 2. The molecular weight excluding hydrogens is 500 g/mol. The van der Waals surface area contributed by atoms with E-state index in [9.17, 15) is 19.5 Å². The predicted octanol–water partition coefficient (Wildman–Crippen LogP) is 3.45. The lowest BCUT2D eigenvalue weighted by atomic mass is 9.78. The van der Waals surface area contributed by atoms with E-state index in [1.54, 1.807) is 34.1 Å². The van der Waals surface area contributed by atoms with Crippen molar-refractivity contribution in [1.29, 1.82) is 0 Å². The smallest absolute Gasteiger partial charge is 0.311 e. The summed E-state index contributed by atoms with van der Waals surface area (Å²) >= 11 is 7.60. The summed E-state index contributed by atoms with van der Waals surface area (Å²) < 4.78 is 4.65. The normalized spacial score (nSPS) is 33.8. The summed E-state index contributed by atoms with van der Waals surface area (Å²) in [6.45, 7) is 4.22. The number of benzene rings is 1. The lowest BCUT2D eigenvalue weighted by Crippen LogP contribution is -2.57. The van der Waals surface area contributed by atoms with Crippen molar-refractivity contribution in [2.45, 2.75) is 48.8 Å². The van der Waals surface area contributed by atoms with Crippen LogP contribution < -0.4 is 4.90 Å². The van der Waals surface area contributed by atoms with Gasteiger partial charge in [-0.25, -0.2) is 0 Å². The third kappa shape index (κ3) is 3.98. The van der Waals surface area contributed by atoms with Crippen molar-refractivity contribution < 1.29 is 24.2 Å². The SMILES string of the molecule is CC(C)[C@H](CO)N1C(=O)[C@@H]2[C@H]3C(=O)OCCC/C=C\[C@H]3S[C@@]23C=CCN(c2ccc(Cl)cc2)C(=O)C13. The van der Waals surface area contributed by atoms with Crippen LogP contribution in [0.4, 0.5) is 5.69 Å². The summed E-state index contributed by atoms with van der Waals surface area (Å²) in [5.41, 5.74) is 0.678. The van der Waals surface area contributed by atoms with Crippen molar-refractivity contribution in [3.8, 4) is 0 Å². The molecule has 192 valence electrons. The van der Waals surface area contributed by atoms with E-state index in [-0.39, 0.29) is 35.6 Å². The van der Waals surface area contributed by atoms with Gasteiger partial charge in [-0.1, -0.05) is 49.8 Å². The molecule has 4 heterocycles. The second-order valence-electron chi connectivity index (χ2n) is 10.1. The quantitative estimate of drug-likeness (QED) is 0.474. The Balaban J connectivity index is 1.65. The number of carbonyl (C=O) groups excluding carboxylic acids is 3. The highest BCUT2D eigenvalue weighted by atomic mass is 35.5. The van der Waals surface area contributed by atoms with Crippen molar-refractivity contribution in [2.75, 3.05) is 24.7 Å². The van der Waals surface area contributed by atoms with E-state index in [1.165, 1.54) is 11.8 Å². The van der Waals surface area contributed by atoms with Gasteiger partial charge in [0.25, 0.3) is 5.91 Å². The Bertz CT molecular complexity index is 1110. The summed E-state index contributed by atoms with van der Waals surface area (Å²) in [4.78, 5) is 45.1. The number of halogens is 1. The highest BCUT2D eigenvalue weighted by molar-refractivity contribution is 8.02. The zero-order chi connectivity index (χ0) is 25.6. The van der Waals surface area contributed by atoms with E-state index in [1.807, 2.05) is 32.1 Å². The molecule has 2 amide bonds. The van der Waals surface area contributed by atoms with E-state index in [4.69, 9.17) is 16.3 Å². The first-order valence-electron chi connectivity index (χ1n) is 12.5. The molecule has 1 N–H and O–H groups in total. The van der Waals surface area contributed by atoms with E-state index >= 15 is 0 Å². The number of aliphatic hydroxyl groups excluding tert-OH is 1. The number of ether oxygens (including phenoxy) is 1. The summed E-state index contributed by atoms with van der Waals surface area (Å²) in [6.07, 6.45) is 9.47. The summed E-state index contributed by atoms with van der Waals surface area (Å²) in [6, 6.07) is 5.61. The molecule has 0 aromatic heterocycles. The molecule has 5 rings (SSSR count). The van der Waals surface area contributed by atoms with Crippen LogP contribution in [0.2, 0.25) is 5.02 Å². The van der Waals surface area contributed by atoms with Gasteiger partial charge in [0.05, 0.1) is 35.8 Å². The fourth-order valence-electron chi connectivity index (χ4n) is 6.02. The highest BCUT2D eigenvalue weighted by Crippen LogP contribution is 2.61. The van der Waals surface area contributed by atoms with Gasteiger partial charge in [0.15, 0.2) is 0 Å². The average molecular weight is 531 g/mol. The van der Waals surface area contributed by atoms with Crippen LogP contribution in [0.3, 0.4) is 0 Å². The van der Waals surface area contributed by atoms with Crippen LogP contribution in [0.5, 0.6) is 0 Å². The molecule has 36 heavy (non-hydrogen) atoms. The number of esters is 1. The number of carbonyl (C=O) groups is 3. The molecule has 4 aliphatic rings. The van der Waals surface area contributed by atoms with Crippen LogP contribution in [0.1, 0.15) is 26.7 Å². The molecule has 2 saturated heterocycles. The third-order valence-corrected chi connectivity index (χ3v) is 9.74. The molecule has 0 radical (unpaired) electrons. The Morgan fingerprint density at radius 2 is 1.92 bits per heavy atom. The molecule has 6 atom stereocenters. The number of fused-ring (bicyclic) bond motifs is 2. The Kier molecular flexibility index (Phi) is 6.96. The number of hydrogen-bond donors (Lipinski definition) is 1. The molecule has 1 unspecified atom stereocenters. The van der Waals surface area contributed by atoms with Gasteiger partial charge < -0.3 is 19.6 Å². The van der Waals surface area contributed by atoms with Crippen LogP contribution in [0.25, 0.3) is 0 Å². The molecule has 0 bridgehead atoms.